The van der Waals surface area contributed by atoms with Gasteiger partial charge in [0.15, 0.2) is 15.7 Å². The van der Waals surface area contributed by atoms with Crippen LogP contribution in [-0.4, -0.2) is 56.8 Å². The average molecular weight is 372 g/mol. The number of tetrazole rings is 1. The molecule has 1 aliphatic heterocycles. The Morgan fingerprint density at radius 1 is 1.17 bits per heavy atom. The number of sulfonamides is 1. The number of aromatic amines is 1. The summed E-state index contributed by atoms with van der Waals surface area (Å²) >= 11 is 0. The predicted octanol–water partition coefficient (Wildman–Crippen LogP) is -0.482. The Balaban J connectivity index is 2.43. The highest BCUT2D eigenvalue weighted by Crippen LogP contribution is 2.39. The Labute approximate surface area is 139 Å². The van der Waals surface area contributed by atoms with Crippen LogP contribution in [0.5, 0.6) is 0 Å². The van der Waals surface area contributed by atoms with E-state index >= 15 is 0 Å². The lowest BCUT2D eigenvalue weighted by Gasteiger charge is -2.23. The maximum absolute atomic E-state index is 12.2. The number of benzene rings is 1. The number of primary sulfonamides is 1. The van der Waals surface area contributed by atoms with Crippen molar-refractivity contribution in [2.75, 3.05) is 24.2 Å². The van der Waals surface area contributed by atoms with Gasteiger partial charge in [0.05, 0.1) is 10.5 Å². The van der Waals surface area contributed by atoms with Gasteiger partial charge in [0.25, 0.3) is 0 Å². The Bertz CT molecular complexity index is 963. The van der Waals surface area contributed by atoms with E-state index in [-0.39, 0.29) is 16.3 Å². The van der Waals surface area contributed by atoms with E-state index in [1.165, 1.54) is 6.07 Å². The fourth-order valence-electron chi connectivity index (χ4n) is 2.84. The van der Waals surface area contributed by atoms with Crippen molar-refractivity contribution in [2.24, 2.45) is 5.14 Å². The number of nitrogens with two attached hydrogens (primary N) is 1. The largest absolute Gasteiger partial charge is 0.371 e. The van der Waals surface area contributed by atoms with Crippen LogP contribution < -0.4 is 10.0 Å². The molecule has 2 heterocycles. The summed E-state index contributed by atoms with van der Waals surface area (Å²) in [6, 6.07) is 2.82. The molecular formula is C12H16N6O4S2. The Morgan fingerprint density at radius 2 is 1.83 bits per heavy atom. The number of H-pyrrole nitrogens is 1. The van der Waals surface area contributed by atoms with Gasteiger partial charge in [-0.2, -0.15) is 0 Å². The second-order valence-corrected chi connectivity index (χ2v) is 9.03. The third-order valence-corrected chi connectivity index (χ3v) is 6.07. The van der Waals surface area contributed by atoms with Crippen LogP contribution >= 0.6 is 0 Å². The van der Waals surface area contributed by atoms with Gasteiger partial charge < -0.3 is 4.90 Å². The third kappa shape index (κ3) is 2.99. The molecule has 3 rings (SSSR count). The highest BCUT2D eigenvalue weighted by molar-refractivity contribution is 7.93. The molecule has 0 bridgehead atoms. The van der Waals surface area contributed by atoms with Crippen molar-refractivity contribution in [3.63, 3.8) is 0 Å². The number of nitrogens with zero attached hydrogens (tertiary/aromatic N) is 4. The minimum atomic E-state index is -4.35. The summed E-state index contributed by atoms with van der Waals surface area (Å²) in [6.45, 7) is 1.44. The van der Waals surface area contributed by atoms with Crippen LogP contribution in [0, 0.1) is 0 Å². The molecule has 24 heavy (non-hydrogen) atoms. The van der Waals surface area contributed by atoms with Crippen molar-refractivity contribution < 1.29 is 16.8 Å². The molecule has 1 saturated heterocycles. The van der Waals surface area contributed by atoms with Gasteiger partial charge in [0.1, 0.15) is 4.90 Å². The first-order chi connectivity index (χ1) is 11.2. The summed E-state index contributed by atoms with van der Waals surface area (Å²) in [6.07, 6.45) is 2.83. The number of anilines is 1. The van der Waals surface area contributed by atoms with Crippen LogP contribution in [0.4, 0.5) is 5.69 Å². The SMILES string of the molecule is CS(=O)(=O)c1ccc(N2CCCC2)c(-c2nnn[nH]2)c1S(N)(=O)=O. The van der Waals surface area contributed by atoms with Gasteiger partial charge in [-0.3, -0.25) is 0 Å². The van der Waals surface area contributed by atoms with Crippen LogP contribution in [0.2, 0.25) is 0 Å². The quantitative estimate of drug-likeness (QED) is 0.730. The summed E-state index contributed by atoms with van der Waals surface area (Å²) in [5.41, 5.74) is 0.606. The average Bonchev–Trinajstić information content (AvgIpc) is 3.17. The van der Waals surface area contributed by atoms with E-state index in [2.05, 4.69) is 20.6 Å². The molecule has 3 N–H and O–H groups in total. The van der Waals surface area contributed by atoms with Crippen molar-refractivity contribution in [2.45, 2.75) is 22.6 Å². The van der Waals surface area contributed by atoms with Gasteiger partial charge in [-0.1, -0.05) is 0 Å². The number of hydrogen-bond donors (Lipinski definition) is 2. The summed E-state index contributed by atoms with van der Waals surface area (Å²) in [5, 5.41) is 18.5. The molecule has 0 amide bonds. The summed E-state index contributed by atoms with van der Waals surface area (Å²) in [4.78, 5) is 1.09. The van der Waals surface area contributed by atoms with Crippen LogP contribution in [0.15, 0.2) is 21.9 Å². The van der Waals surface area contributed by atoms with Crippen molar-refractivity contribution in [3.8, 4) is 11.4 Å². The molecule has 0 unspecified atom stereocenters. The molecule has 0 saturated carbocycles. The highest BCUT2D eigenvalue weighted by atomic mass is 32.2. The molecular weight excluding hydrogens is 356 g/mol. The Morgan fingerprint density at radius 3 is 2.33 bits per heavy atom. The number of sulfone groups is 1. The van der Waals surface area contributed by atoms with E-state index in [0.717, 1.165) is 32.2 Å². The number of hydrogen-bond acceptors (Lipinski definition) is 8. The van der Waals surface area contributed by atoms with E-state index in [0.29, 0.717) is 5.69 Å². The Kier molecular flexibility index (Phi) is 4.05. The molecule has 0 radical (unpaired) electrons. The van der Waals surface area contributed by atoms with Crippen molar-refractivity contribution in [1.29, 1.82) is 0 Å². The number of aromatic nitrogens is 4. The van der Waals surface area contributed by atoms with Crippen molar-refractivity contribution >= 4 is 25.5 Å². The zero-order valence-electron chi connectivity index (χ0n) is 12.8. The lowest BCUT2D eigenvalue weighted by molar-refractivity contribution is 0.586. The normalized spacial score (nSPS) is 15.8. The molecule has 12 heteroatoms. The fraction of sp³-hybridized carbons (Fsp3) is 0.417. The van der Waals surface area contributed by atoms with Gasteiger partial charge in [-0.25, -0.2) is 27.1 Å². The first-order valence-electron chi connectivity index (χ1n) is 7.08. The monoisotopic (exact) mass is 372 g/mol. The minimum absolute atomic E-state index is 0.0476. The van der Waals surface area contributed by atoms with E-state index in [1.54, 1.807) is 6.07 Å². The number of rotatable bonds is 4. The first-order valence-corrected chi connectivity index (χ1v) is 10.5. The van der Waals surface area contributed by atoms with Gasteiger partial charge in [0.2, 0.25) is 10.0 Å². The molecule has 1 aromatic carbocycles. The lowest BCUT2D eigenvalue weighted by Crippen LogP contribution is -2.23. The van der Waals surface area contributed by atoms with Gasteiger partial charge >= 0.3 is 0 Å². The lowest BCUT2D eigenvalue weighted by atomic mass is 10.1. The van der Waals surface area contributed by atoms with Crippen molar-refractivity contribution in [1.82, 2.24) is 20.6 Å². The van der Waals surface area contributed by atoms with Gasteiger partial charge in [0, 0.05) is 25.0 Å². The van der Waals surface area contributed by atoms with Gasteiger partial charge in [-0.15, -0.1) is 5.10 Å². The molecule has 1 aliphatic rings. The van der Waals surface area contributed by atoms with E-state index in [1.807, 2.05) is 4.90 Å². The second-order valence-electron chi connectivity index (χ2n) is 5.55. The third-order valence-electron chi connectivity index (χ3n) is 3.81. The summed E-state index contributed by atoms with van der Waals surface area (Å²) in [5.74, 6) is 0.0476. The van der Waals surface area contributed by atoms with Crippen LogP contribution in [0.1, 0.15) is 12.8 Å². The highest BCUT2D eigenvalue weighted by Gasteiger charge is 2.31. The Hall–Kier alpha value is -2.05. The van der Waals surface area contributed by atoms with Crippen LogP contribution in [0.3, 0.4) is 0 Å². The summed E-state index contributed by atoms with van der Waals surface area (Å²) < 4.78 is 48.5. The van der Waals surface area contributed by atoms with E-state index in [4.69, 9.17) is 5.14 Å². The molecule has 1 aromatic heterocycles. The van der Waals surface area contributed by atoms with Crippen molar-refractivity contribution in [3.05, 3.63) is 12.1 Å². The molecule has 0 spiro atoms. The van der Waals surface area contributed by atoms with E-state index in [9.17, 15) is 16.8 Å². The maximum atomic E-state index is 12.2. The minimum Gasteiger partial charge on any atom is -0.371 e. The molecule has 10 nitrogen and oxygen atoms in total. The first kappa shape index (κ1) is 16.8. The number of nitrogens with one attached hydrogen (secondary N) is 1. The fourth-order valence-corrected chi connectivity index (χ4v) is 5.23. The molecule has 130 valence electrons. The molecule has 2 aromatic rings. The molecule has 0 atom stereocenters. The smallest absolute Gasteiger partial charge is 0.240 e. The molecule has 1 fully saturated rings. The second kappa shape index (κ2) is 5.79. The molecule has 0 aliphatic carbocycles. The zero-order valence-corrected chi connectivity index (χ0v) is 14.4. The maximum Gasteiger partial charge on any atom is 0.240 e. The van der Waals surface area contributed by atoms with Crippen LogP contribution in [0.25, 0.3) is 11.4 Å². The summed E-state index contributed by atoms with van der Waals surface area (Å²) in [7, 11) is -8.18. The van der Waals surface area contributed by atoms with Crippen LogP contribution in [-0.2, 0) is 19.9 Å². The van der Waals surface area contributed by atoms with E-state index < -0.39 is 24.8 Å². The zero-order chi connectivity index (χ0) is 17.5. The topological polar surface area (TPSA) is 152 Å². The van der Waals surface area contributed by atoms with Gasteiger partial charge in [-0.05, 0) is 35.4 Å². The predicted molar refractivity (Wildman–Crippen MR) is 85.5 cm³/mol. The standard InChI is InChI=1S/C12H16N6O4S2/c1-23(19,20)9-5-4-8(18-6-2-3-7-18)10(11(9)24(13,21)22)12-14-16-17-15-12/h4-5H,2-3,6-7H2,1H3,(H2,13,21,22)(H,14,15,16,17).